The van der Waals surface area contributed by atoms with E-state index >= 15 is 0 Å². The molecule has 1 heterocycles. The molecule has 1 fully saturated rings. The van der Waals surface area contributed by atoms with Crippen LogP contribution in [-0.2, 0) is 24.3 Å². The van der Waals surface area contributed by atoms with E-state index in [0.29, 0.717) is 47.4 Å². The molecular formula is C30H36BrN3O7S. The average molecular weight is 663 g/mol. The van der Waals surface area contributed by atoms with Gasteiger partial charge in [0.05, 0.1) is 34.9 Å². The minimum absolute atomic E-state index is 0.0612. The summed E-state index contributed by atoms with van der Waals surface area (Å²) in [6, 6.07) is 13.9. The van der Waals surface area contributed by atoms with Gasteiger partial charge in [0.2, 0.25) is 10.0 Å². The maximum atomic E-state index is 13.3. The number of amides is 1. The summed E-state index contributed by atoms with van der Waals surface area (Å²) in [5, 5.41) is 9.14. The standard InChI is InChI=1S/C30H36BrN3O7S/c1-5-39-28(35)21-42(37,38)34(15-7-10-22-8-6-9-23(18-22)20-32)24-11-12-27(26(31)19-24)40-25-13-16-33(17-14-25)29(36)41-30(2,3)4/h6-12,18-19,25H,5,13-17,21H2,1-4H3. The number of nitrogens with zero attached hydrogens (tertiary/aromatic N) is 3. The van der Waals surface area contributed by atoms with Crippen LogP contribution in [0.5, 0.6) is 5.75 Å². The van der Waals surface area contributed by atoms with Crippen molar-refractivity contribution in [1.82, 2.24) is 4.90 Å². The highest BCUT2D eigenvalue weighted by Crippen LogP contribution is 2.33. The Kier molecular flexibility index (Phi) is 11.4. The molecule has 1 aliphatic heterocycles. The summed E-state index contributed by atoms with van der Waals surface area (Å²) in [5.74, 6) is -1.13. The maximum Gasteiger partial charge on any atom is 0.410 e. The molecule has 0 radical (unpaired) electrons. The smallest absolute Gasteiger partial charge is 0.410 e. The van der Waals surface area contributed by atoms with Gasteiger partial charge in [-0.3, -0.25) is 9.10 Å². The second kappa shape index (κ2) is 14.6. The van der Waals surface area contributed by atoms with Crippen LogP contribution in [0.4, 0.5) is 10.5 Å². The minimum atomic E-state index is -4.10. The number of hydrogen-bond donors (Lipinski definition) is 0. The molecule has 2 aromatic carbocycles. The molecule has 0 aliphatic carbocycles. The Labute approximate surface area is 256 Å². The van der Waals surface area contributed by atoms with Crippen molar-refractivity contribution in [2.45, 2.75) is 52.2 Å². The average Bonchev–Trinajstić information content (AvgIpc) is 2.91. The third-order valence-electron chi connectivity index (χ3n) is 6.13. The zero-order valence-corrected chi connectivity index (χ0v) is 26.6. The van der Waals surface area contributed by atoms with Gasteiger partial charge in [-0.15, -0.1) is 0 Å². The molecule has 0 saturated carbocycles. The number of benzene rings is 2. The van der Waals surface area contributed by atoms with Crippen LogP contribution in [0.15, 0.2) is 53.0 Å². The van der Waals surface area contributed by atoms with E-state index in [4.69, 9.17) is 19.5 Å². The molecule has 3 rings (SSSR count). The molecule has 226 valence electrons. The summed E-state index contributed by atoms with van der Waals surface area (Å²) in [6.07, 6.45) is 4.11. The minimum Gasteiger partial charge on any atom is -0.489 e. The highest BCUT2D eigenvalue weighted by molar-refractivity contribution is 9.10. The molecule has 10 nitrogen and oxygen atoms in total. The van der Waals surface area contributed by atoms with Gasteiger partial charge in [-0.1, -0.05) is 24.3 Å². The zero-order valence-electron chi connectivity index (χ0n) is 24.2. The van der Waals surface area contributed by atoms with Crippen LogP contribution in [0.2, 0.25) is 0 Å². The molecule has 0 N–H and O–H groups in total. The van der Waals surface area contributed by atoms with Crippen molar-refractivity contribution in [2.24, 2.45) is 0 Å². The molecule has 12 heteroatoms. The number of halogens is 1. The van der Waals surface area contributed by atoms with Crippen molar-refractivity contribution in [3.63, 3.8) is 0 Å². The van der Waals surface area contributed by atoms with Gasteiger partial charge in [-0.05, 0) is 79.5 Å². The highest BCUT2D eigenvalue weighted by atomic mass is 79.9. The molecule has 0 bridgehead atoms. The lowest BCUT2D eigenvalue weighted by atomic mass is 10.1. The highest BCUT2D eigenvalue weighted by Gasteiger charge is 2.29. The fraction of sp³-hybridized carbons (Fsp3) is 0.433. The summed E-state index contributed by atoms with van der Waals surface area (Å²) in [5.41, 5.74) is 0.986. The van der Waals surface area contributed by atoms with E-state index in [0.717, 1.165) is 9.87 Å². The second-order valence-corrected chi connectivity index (χ2v) is 13.4. The van der Waals surface area contributed by atoms with Gasteiger partial charge in [-0.25, -0.2) is 13.2 Å². The first-order valence-electron chi connectivity index (χ1n) is 13.6. The van der Waals surface area contributed by atoms with Gasteiger partial charge in [0.15, 0.2) is 5.75 Å². The van der Waals surface area contributed by atoms with Crippen LogP contribution in [0, 0.1) is 11.3 Å². The number of piperidine rings is 1. The SMILES string of the molecule is CCOC(=O)CS(=O)(=O)N(CC=Cc1cccc(C#N)c1)c1ccc(OC2CCN(C(=O)OC(C)(C)C)CC2)c(Br)c1. The molecule has 0 atom stereocenters. The maximum absolute atomic E-state index is 13.3. The van der Waals surface area contributed by atoms with Gasteiger partial charge in [0.1, 0.15) is 17.5 Å². The molecule has 1 saturated heterocycles. The van der Waals surface area contributed by atoms with Crippen molar-refractivity contribution in [2.75, 3.05) is 36.3 Å². The van der Waals surface area contributed by atoms with E-state index in [-0.39, 0.29) is 25.3 Å². The van der Waals surface area contributed by atoms with E-state index in [1.54, 1.807) is 66.4 Å². The molecule has 0 spiro atoms. The Morgan fingerprint density at radius 2 is 1.88 bits per heavy atom. The number of esters is 1. The topological polar surface area (TPSA) is 126 Å². The summed E-state index contributed by atoms with van der Waals surface area (Å²) in [6.45, 7) is 8.10. The fourth-order valence-corrected chi connectivity index (χ4v) is 5.95. The van der Waals surface area contributed by atoms with Gasteiger partial charge in [0, 0.05) is 25.9 Å². The second-order valence-electron chi connectivity index (χ2n) is 10.6. The molecule has 0 unspecified atom stereocenters. The molecule has 1 aliphatic rings. The summed E-state index contributed by atoms with van der Waals surface area (Å²) in [7, 11) is -4.10. The quantitative estimate of drug-likeness (QED) is 0.305. The van der Waals surface area contributed by atoms with E-state index < -0.39 is 27.3 Å². The Morgan fingerprint density at radius 1 is 1.17 bits per heavy atom. The monoisotopic (exact) mass is 661 g/mol. The molecule has 0 aromatic heterocycles. The first-order valence-corrected chi connectivity index (χ1v) is 16.0. The first-order chi connectivity index (χ1) is 19.8. The van der Waals surface area contributed by atoms with Crippen molar-refractivity contribution in [1.29, 1.82) is 5.26 Å². The van der Waals surface area contributed by atoms with Gasteiger partial charge < -0.3 is 19.1 Å². The number of nitriles is 1. The number of likely N-dealkylation sites (tertiary alicyclic amines) is 1. The number of carbonyl (C=O) groups is 2. The summed E-state index contributed by atoms with van der Waals surface area (Å²) >= 11 is 3.50. The third kappa shape index (κ3) is 9.77. The van der Waals surface area contributed by atoms with Gasteiger partial charge in [0.25, 0.3) is 0 Å². The van der Waals surface area contributed by atoms with E-state index in [2.05, 4.69) is 22.0 Å². The number of rotatable bonds is 10. The zero-order chi connectivity index (χ0) is 30.9. The molecular weight excluding hydrogens is 626 g/mol. The Bertz CT molecular complexity index is 1440. The fourth-order valence-electron chi connectivity index (χ4n) is 4.21. The lowest BCUT2D eigenvalue weighted by Gasteiger charge is -2.33. The number of carbonyl (C=O) groups excluding carboxylic acids is 2. The van der Waals surface area contributed by atoms with Crippen molar-refractivity contribution < 1.29 is 32.2 Å². The number of hydrogen-bond acceptors (Lipinski definition) is 8. The summed E-state index contributed by atoms with van der Waals surface area (Å²) in [4.78, 5) is 26.1. The Hall–Kier alpha value is -3.56. The first kappa shape index (κ1) is 32.9. The number of anilines is 1. The lowest BCUT2D eigenvalue weighted by molar-refractivity contribution is -0.139. The molecule has 2 aromatic rings. The van der Waals surface area contributed by atoms with E-state index in [1.165, 1.54) is 0 Å². The van der Waals surface area contributed by atoms with Crippen LogP contribution in [0.1, 0.15) is 51.7 Å². The van der Waals surface area contributed by atoms with Crippen molar-refractivity contribution >= 4 is 49.8 Å². The van der Waals surface area contributed by atoms with E-state index in [9.17, 15) is 18.0 Å². The number of sulfonamides is 1. The largest absolute Gasteiger partial charge is 0.489 e. The van der Waals surface area contributed by atoms with E-state index in [1.807, 2.05) is 20.8 Å². The van der Waals surface area contributed by atoms with Crippen LogP contribution < -0.4 is 9.04 Å². The van der Waals surface area contributed by atoms with Crippen LogP contribution in [0.3, 0.4) is 0 Å². The van der Waals surface area contributed by atoms with Gasteiger partial charge >= 0.3 is 12.1 Å². The van der Waals surface area contributed by atoms with Crippen LogP contribution in [0.25, 0.3) is 6.08 Å². The predicted molar refractivity (Wildman–Crippen MR) is 164 cm³/mol. The molecule has 42 heavy (non-hydrogen) atoms. The Balaban J connectivity index is 1.75. The lowest BCUT2D eigenvalue weighted by Crippen LogP contribution is -2.44. The summed E-state index contributed by atoms with van der Waals surface area (Å²) < 4.78 is 44.8. The van der Waals surface area contributed by atoms with Crippen LogP contribution in [-0.4, -0.2) is 69.1 Å². The van der Waals surface area contributed by atoms with Gasteiger partial charge in [-0.2, -0.15) is 5.26 Å². The molecule has 1 amide bonds. The normalized spacial score (nSPS) is 14.3. The van der Waals surface area contributed by atoms with Crippen LogP contribution >= 0.6 is 15.9 Å². The van der Waals surface area contributed by atoms with Crippen molar-refractivity contribution in [3.8, 4) is 11.8 Å². The predicted octanol–water partition coefficient (Wildman–Crippen LogP) is 5.51. The number of ether oxygens (including phenoxy) is 3. The Morgan fingerprint density at radius 3 is 2.50 bits per heavy atom. The third-order valence-corrected chi connectivity index (χ3v) is 8.38. The van der Waals surface area contributed by atoms with Crippen molar-refractivity contribution in [3.05, 3.63) is 64.1 Å².